The van der Waals surface area contributed by atoms with Gasteiger partial charge in [-0.15, -0.1) is 0 Å². The number of nitrogens with zero attached hydrogens (tertiary/aromatic N) is 1. The Labute approximate surface area is 160 Å². The van der Waals surface area contributed by atoms with Gasteiger partial charge in [0.25, 0.3) is 5.91 Å². The second-order valence-electron chi connectivity index (χ2n) is 10.4. The van der Waals surface area contributed by atoms with Crippen molar-refractivity contribution in [3.63, 3.8) is 0 Å². The van der Waals surface area contributed by atoms with E-state index in [-0.39, 0.29) is 35.7 Å². The van der Waals surface area contributed by atoms with E-state index in [0.29, 0.717) is 0 Å². The minimum absolute atomic E-state index is 0.106. The Balaban J connectivity index is 1.23. The van der Waals surface area contributed by atoms with Crippen LogP contribution in [0.3, 0.4) is 0 Å². The van der Waals surface area contributed by atoms with Gasteiger partial charge in [0.15, 0.2) is 0 Å². The van der Waals surface area contributed by atoms with Crippen LogP contribution >= 0.6 is 0 Å². The molecule has 6 rings (SSSR count). The summed E-state index contributed by atoms with van der Waals surface area (Å²) < 4.78 is 0. The van der Waals surface area contributed by atoms with Crippen LogP contribution in [-0.2, 0) is 9.59 Å². The predicted octanol–water partition coefficient (Wildman–Crippen LogP) is 2.43. The Kier molecular flexibility index (Phi) is 3.70. The molecule has 6 heteroatoms. The second-order valence-corrected chi connectivity index (χ2v) is 10.4. The van der Waals surface area contributed by atoms with Crippen LogP contribution in [0, 0.1) is 29.1 Å². The Morgan fingerprint density at radius 3 is 2.22 bits per heavy atom. The molecule has 1 saturated heterocycles. The SMILES string of the molecule is C[C@@H](NC(=O)CN1C(=O)N[C@](C)(C2CC2)C1=O)C12CC3CC(CC(C3)C1)C2. The fourth-order valence-electron chi connectivity index (χ4n) is 7.09. The maximum atomic E-state index is 12.7. The molecule has 1 aliphatic heterocycles. The third-order valence-corrected chi connectivity index (χ3v) is 8.38. The number of imide groups is 1. The topological polar surface area (TPSA) is 78.5 Å². The van der Waals surface area contributed by atoms with E-state index in [1.54, 1.807) is 6.92 Å². The summed E-state index contributed by atoms with van der Waals surface area (Å²) in [6, 6.07) is -0.319. The van der Waals surface area contributed by atoms with E-state index < -0.39 is 11.6 Å². The van der Waals surface area contributed by atoms with E-state index in [2.05, 4.69) is 17.6 Å². The van der Waals surface area contributed by atoms with Crippen molar-refractivity contribution in [3.8, 4) is 0 Å². The molecule has 0 spiro atoms. The van der Waals surface area contributed by atoms with Crippen LogP contribution < -0.4 is 10.6 Å². The van der Waals surface area contributed by atoms with Crippen molar-refractivity contribution in [1.29, 1.82) is 0 Å². The van der Waals surface area contributed by atoms with Gasteiger partial charge < -0.3 is 10.6 Å². The molecule has 4 amide bonds. The Hall–Kier alpha value is -1.59. The summed E-state index contributed by atoms with van der Waals surface area (Å²) in [7, 11) is 0. The summed E-state index contributed by atoms with van der Waals surface area (Å²) in [6.07, 6.45) is 9.74. The van der Waals surface area contributed by atoms with Gasteiger partial charge in [-0.1, -0.05) is 0 Å². The summed E-state index contributed by atoms with van der Waals surface area (Å²) in [5.74, 6) is 2.27. The summed E-state index contributed by atoms with van der Waals surface area (Å²) >= 11 is 0. The summed E-state index contributed by atoms with van der Waals surface area (Å²) in [6.45, 7) is 3.76. The lowest BCUT2D eigenvalue weighted by molar-refractivity contribution is -0.136. The molecule has 2 N–H and O–H groups in total. The van der Waals surface area contributed by atoms with Gasteiger partial charge in [0.2, 0.25) is 5.91 Å². The molecule has 6 nitrogen and oxygen atoms in total. The zero-order valence-electron chi connectivity index (χ0n) is 16.4. The molecule has 0 unspecified atom stereocenters. The molecule has 27 heavy (non-hydrogen) atoms. The van der Waals surface area contributed by atoms with Crippen molar-refractivity contribution in [2.75, 3.05) is 6.54 Å². The first-order chi connectivity index (χ1) is 12.8. The molecule has 5 aliphatic carbocycles. The highest BCUT2D eigenvalue weighted by atomic mass is 16.2. The zero-order chi connectivity index (χ0) is 19.0. The molecule has 1 heterocycles. The molecule has 0 aromatic heterocycles. The maximum absolute atomic E-state index is 12.7. The highest BCUT2D eigenvalue weighted by Crippen LogP contribution is 2.61. The standard InChI is InChI=1S/C21H31N3O3/c1-12(21-8-13-5-14(9-21)7-15(6-13)10-21)22-17(25)11-24-18(26)20(2,16-3-4-16)23-19(24)27/h12-16H,3-11H2,1-2H3,(H,22,25)(H,23,27)/t12-,13?,14?,15?,20-,21?/m1/s1. The van der Waals surface area contributed by atoms with E-state index in [1.165, 1.54) is 38.5 Å². The number of amides is 4. The molecular weight excluding hydrogens is 342 g/mol. The van der Waals surface area contributed by atoms with Crippen molar-refractivity contribution < 1.29 is 14.4 Å². The highest BCUT2D eigenvalue weighted by molar-refractivity contribution is 6.09. The number of hydrogen-bond acceptors (Lipinski definition) is 3. The molecule has 0 aromatic carbocycles. The predicted molar refractivity (Wildman–Crippen MR) is 99.6 cm³/mol. The lowest BCUT2D eigenvalue weighted by Crippen LogP contribution is -2.57. The van der Waals surface area contributed by atoms with Gasteiger partial charge in [-0.3, -0.25) is 14.5 Å². The third kappa shape index (κ3) is 2.70. The molecular formula is C21H31N3O3. The Bertz CT molecular complexity index is 666. The average Bonchev–Trinajstić information content (AvgIpc) is 3.40. The Morgan fingerprint density at radius 1 is 1.15 bits per heavy atom. The lowest BCUT2D eigenvalue weighted by atomic mass is 9.48. The largest absolute Gasteiger partial charge is 0.352 e. The molecule has 148 valence electrons. The van der Waals surface area contributed by atoms with Crippen molar-refractivity contribution in [2.24, 2.45) is 29.1 Å². The van der Waals surface area contributed by atoms with E-state index in [0.717, 1.165) is 35.5 Å². The van der Waals surface area contributed by atoms with Crippen LogP contribution in [0.5, 0.6) is 0 Å². The summed E-state index contributed by atoms with van der Waals surface area (Å²) in [4.78, 5) is 38.8. The molecule has 2 atom stereocenters. The van der Waals surface area contributed by atoms with Crippen LogP contribution in [-0.4, -0.2) is 40.9 Å². The van der Waals surface area contributed by atoms with Crippen LogP contribution in [0.15, 0.2) is 0 Å². The number of rotatable bonds is 5. The highest BCUT2D eigenvalue weighted by Gasteiger charge is 2.57. The van der Waals surface area contributed by atoms with Crippen LogP contribution in [0.4, 0.5) is 4.79 Å². The minimum Gasteiger partial charge on any atom is -0.352 e. The fraction of sp³-hybridized carbons (Fsp3) is 0.857. The summed E-state index contributed by atoms with van der Waals surface area (Å²) in [5.41, 5.74) is -0.590. The van der Waals surface area contributed by atoms with E-state index in [9.17, 15) is 14.4 Å². The first-order valence-corrected chi connectivity index (χ1v) is 10.7. The minimum atomic E-state index is -0.817. The fourth-order valence-corrected chi connectivity index (χ4v) is 7.09. The number of urea groups is 1. The monoisotopic (exact) mass is 373 g/mol. The van der Waals surface area contributed by atoms with E-state index in [1.807, 2.05) is 0 Å². The molecule has 4 bridgehead atoms. The Morgan fingerprint density at radius 2 is 1.70 bits per heavy atom. The van der Waals surface area contributed by atoms with E-state index >= 15 is 0 Å². The average molecular weight is 373 g/mol. The first-order valence-electron chi connectivity index (χ1n) is 10.7. The number of nitrogens with one attached hydrogen (secondary N) is 2. The van der Waals surface area contributed by atoms with Crippen LogP contribution in [0.2, 0.25) is 0 Å². The normalized spacial score (nSPS) is 43.8. The van der Waals surface area contributed by atoms with Crippen LogP contribution in [0.1, 0.15) is 65.2 Å². The van der Waals surface area contributed by atoms with Crippen LogP contribution in [0.25, 0.3) is 0 Å². The maximum Gasteiger partial charge on any atom is 0.325 e. The number of hydrogen-bond donors (Lipinski definition) is 2. The smallest absolute Gasteiger partial charge is 0.325 e. The van der Waals surface area contributed by atoms with Gasteiger partial charge in [-0.05, 0) is 94.3 Å². The molecule has 0 radical (unpaired) electrons. The molecule has 6 aliphatic rings. The zero-order valence-corrected chi connectivity index (χ0v) is 16.4. The van der Waals surface area contributed by atoms with Gasteiger partial charge in [0.05, 0.1) is 0 Å². The lowest BCUT2D eigenvalue weighted by Gasteiger charge is -2.59. The van der Waals surface area contributed by atoms with Crippen molar-refractivity contribution in [1.82, 2.24) is 15.5 Å². The van der Waals surface area contributed by atoms with Gasteiger partial charge in [0, 0.05) is 6.04 Å². The van der Waals surface area contributed by atoms with Crippen molar-refractivity contribution in [2.45, 2.75) is 76.8 Å². The quantitative estimate of drug-likeness (QED) is 0.727. The number of carbonyl (C=O) groups excluding carboxylic acids is 3. The van der Waals surface area contributed by atoms with Gasteiger partial charge in [0.1, 0.15) is 12.1 Å². The van der Waals surface area contributed by atoms with Gasteiger partial charge in [-0.2, -0.15) is 0 Å². The summed E-state index contributed by atoms with van der Waals surface area (Å²) in [5, 5.41) is 5.98. The van der Waals surface area contributed by atoms with Gasteiger partial charge >= 0.3 is 6.03 Å². The first kappa shape index (κ1) is 17.5. The van der Waals surface area contributed by atoms with Gasteiger partial charge in [-0.25, -0.2) is 4.79 Å². The molecule has 6 fully saturated rings. The molecule has 5 saturated carbocycles. The van der Waals surface area contributed by atoms with E-state index in [4.69, 9.17) is 0 Å². The second kappa shape index (κ2) is 5.71. The third-order valence-electron chi connectivity index (χ3n) is 8.38. The van der Waals surface area contributed by atoms with Crippen molar-refractivity contribution in [3.05, 3.63) is 0 Å². The van der Waals surface area contributed by atoms with Crippen molar-refractivity contribution >= 4 is 17.8 Å². The molecule has 0 aromatic rings. The number of carbonyl (C=O) groups is 3.